The van der Waals surface area contributed by atoms with Gasteiger partial charge in [0.1, 0.15) is 6.17 Å². The molecule has 0 saturated carbocycles. The van der Waals surface area contributed by atoms with Gasteiger partial charge in [-0.25, -0.2) is 8.78 Å². The lowest BCUT2D eigenvalue weighted by molar-refractivity contribution is -0.132. The number of halogens is 2. The van der Waals surface area contributed by atoms with Crippen LogP contribution < -0.4 is 5.32 Å². The molecule has 3 atom stereocenters. The van der Waals surface area contributed by atoms with E-state index in [4.69, 9.17) is 0 Å². The van der Waals surface area contributed by atoms with Crippen molar-refractivity contribution >= 4 is 5.91 Å². The molecular weight excluding hydrogens is 262 g/mol. The summed E-state index contributed by atoms with van der Waals surface area (Å²) in [5.41, 5.74) is 0.577. The van der Waals surface area contributed by atoms with Gasteiger partial charge in [-0.15, -0.1) is 0 Å². The van der Waals surface area contributed by atoms with Crippen molar-refractivity contribution in [2.45, 2.75) is 51.9 Å². The van der Waals surface area contributed by atoms with Gasteiger partial charge < -0.3 is 4.90 Å². The monoisotopic (exact) mass is 282 g/mol. The van der Waals surface area contributed by atoms with Crippen molar-refractivity contribution in [3.05, 3.63) is 35.4 Å². The molecule has 1 fully saturated rings. The Morgan fingerprint density at radius 2 is 2.00 bits per heavy atom. The van der Waals surface area contributed by atoms with E-state index in [1.807, 2.05) is 20.8 Å². The van der Waals surface area contributed by atoms with Gasteiger partial charge in [0.25, 0.3) is 0 Å². The number of carbonyl (C=O) groups excluding carboxylic acids is 1. The van der Waals surface area contributed by atoms with Gasteiger partial charge in [0.15, 0.2) is 11.6 Å². The third-order valence-electron chi connectivity index (χ3n) is 3.92. The van der Waals surface area contributed by atoms with E-state index in [0.29, 0.717) is 12.0 Å². The van der Waals surface area contributed by atoms with Crippen molar-refractivity contribution in [1.82, 2.24) is 10.2 Å². The van der Waals surface area contributed by atoms with E-state index in [1.165, 1.54) is 6.07 Å². The summed E-state index contributed by atoms with van der Waals surface area (Å²) in [6, 6.07) is 3.57. The zero-order chi connectivity index (χ0) is 14.9. The molecule has 2 rings (SSSR count). The lowest BCUT2D eigenvalue weighted by atomic mass is 10.1. The zero-order valence-corrected chi connectivity index (χ0v) is 12.0. The topological polar surface area (TPSA) is 32.3 Å². The van der Waals surface area contributed by atoms with Crippen LogP contribution in [0.5, 0.6) is 0 Å². The summed E-state index contributed by atoms with van der Waals surface area (Å²) >= 11 is 0. The lowest BCUT2D eigenvalue weighted by Crippen LogP contribution is -2.38. The highest BCUT2D eigenvalue weighted by Gasteiger charge is 2.40. The molecule has 1 aromatic rings. The molecule has 1 aliphatic heterocycles. The maximum Gasteiger partial charge on any atom is 0.241 e. The standard InChI is InChI=1S/C15H20F2N2O/c1-4-9(3)19-14(18-13(5-2)15(19)20)10-6-7-11(16)12(17)8-10/h6-9,13-14,18H,4-5H2,1-3H3. The molecule has 0 aromatic heterocycles. The summed E-state index contributed by atoms with van der Waals surface area (Å²) in [5.74, 6) is -1.74. The predicted octanol–water partition coefficient (Wildman–Crippen LogP) is 2.97. The predicted molar refractivity (Wildman–Crippen MR) is 72.9 cm³/mol. The molecular formula is C15H20F2N2O. The van der Waals surface area contributed by atoms with Gasteiger partial charge in [0.2, 0.25) is 5.91 Å². The van der Waals surface area contributed by atoms with E-state index in [1.54, 1.807) is 4.90 Å². The van der Waals surface area contributed by atoms with Crippen molar-refractivity contribution in [3.63, 3.8) is 0 Å². The van der Waals surface area contributed by atoms with Crippen LogP contribution in [0.4, 0.5) is 8.78 Å². The molecule has 1 amide bonds. The van der Waals surface area contributed by atoms with Gasteiger partial charge in [-0.05, 0) is 37.5 Å². The highest BCUT2D eigenvalue weighted by Crippen LogP contribution is 2.30. The quantitative estimate of drug-likeness (QED) is 0.921. The van der Waals surface area contributed by atoms with E-state index in [9.17, 15) is 13.6 Å². The number of hydrogen-bond acceptors (Lipinski definition) is 2. The van der Waals surface area contributed by atoms with Crippen LogP contribution in [0.3, 0.4) is 0 Å². The highest BCUT2D eigenvalue weighted by molar-refractivity contribution is 5.84. The number of hydrogen-bond donors (Lipinski definition) is 1. The molecule has 0 aliphatic carbocycles. The summed E-state index contributed by atoms with van der Waals surface area (Å²) in [5, 5.41) is 3.21. The largest absolute Gasteiger partial charge is 0.319 e. The fourth-order valence-corrected chi connectivity index (χ4v) is 2.55. The first-order valence-electron chi connectivity index (χ1n) is 7.02. The molecule has 1 aromatic carbocycles. The summed E-state index contributed by atoms with van der Waals surface area (Å²) in [4.78, 5) is 14.1. The van der Waals surface area contributed by atoms with E-state index in [0.717, 1.165) is 18.6 Å². The van der Waals surface area contributed by atoms with E-state index in [2.05, 4.69) is 5.32 Å². The Kier molecular flexibility index (Phi) is 4.38. The van der Waals surface area contributed by atoms with Crippen LogP contribution in [0.25, 0.3) is 0 Å². The SMILES string of the molecule is CCC1NC(c2ccc(F)c(F)c2)N(C(C)CC)C1=O. The number of nitrogens with one attached hydrogen (secondary N) is 1. The summed E-state index contributed by atoms with van der Waals surface area (Å²) in [6.07, 6.45) is 1.09. The third kappa shape index (κ3) is 2.54. The Labute approximate surface area is 118 Å². The number of nitrogens with zero attached hydrogens (tertiary/aromatic N) is 1. The lowest BCUT2D eigenvalue weighted by Gasteiger charge is -2.30. The van der Waals surface area contributed by atoms with Crippen LogP contribution in [-0.4, -0.2) is 22.9 Å². The highest BCUT2D eigenvalue weighted by atomic mass is 19.2. The van der Waals surface area contributed by atoms with Crippen LogP contribution in [0.1, 0.15) is 45.3 Å². The molecule has 110 valence electrons. The maximum atomic E-state index is 13.4. The van der Waals surface area contributed by atoms with Crippen LogP contribution in [-0.2, 0) is 4.79 Å². The molecule has 1 heterocycles. The molecule has 1 N–H and O–H groups in total. The number of rotatable bonds is 4. The Hall–Kier alpha value is -1.49. The van der Waals surface area contributed by atoms with E-state index < -0.39 is 17.8 Å². The summed E-state index contributed by atoms with van der Waals surface area (Å²) in [7, 11) is 0. The summed E-state index contributed by atoms with van der Waals surface area (Å²) in [6.45, 7) is 5.89. The van der Waals surface area contributed by atoms with Gasteiger partial charge in [-0.1, -0.05) is 19.9 Å². The first-order chi connectivity index (χ1) is 9.49. The van der Waals surface area contributed by atoms with Crippen molar-refractivity contribution < 1.29 is 13.6 Å². The molecule has 20 heavy (non-hydrogen) atoms. The molecule has 0 spiro atoms. The van der Waals surface area contributed by atoms with E-state index in [-0.39, 0.29) is 18.0 Å². The average molecular weight is 282 g/mol. The van der Waals surface area contributed by atoms with Crippen LogP contribution in [0, 0.1) is 11.6 Å². The normalized spacial score (nSPS) is 24.2. The Bertz CT molecular complexity index is 507. The molecule has 0 bridgehead atoms. The van der Waals surface area contributed by atoms with E-state index >= 15 is 0 Å². The van der Waals surface area contributed by atoms with Crippen LogP contribution in [0.15, 0.2) is 18.2 Å². The second-order valence-corrected chi connectivity index (χ2v) is 5.21. The molecule has 3 nitrogen and oxygen atoms in total. The van der Waals surface area contributed by atoms with Gasteiger partial charge in [-0.2, -0.15) is 0 Å². The zero-order valence-electron chi connectivity index (χ0n) is 12.0. The first-order valence-corrected chi connectivity index (χ1v) is 7.02. The number of carbonyl (C=O) groups is 1. The molecule has 5 heteroatoms. The fraction of sp³-hybridized carbons (Fsp3) is 0.533. The minimum absolute atomic E-state index is 0.0246. The molecule has 1 saturated heterocycles. The Morgan fingerprint density at radius 3 is 2.55 bits per heavy atom. The van der Waals surface area contributed by atoms with Gasteiger partial charge >= 0.3 is 0 Å². The van der Waals surface area contributed by atoms with Gasteiger partial charge in [0.05, 0.1) is 6.04 Å². The number of benzene rings is 1. The Balaban J connectivity index is 2.36. The fourth-order valence-electron chi connectivity index (χ4n) is 2.55. The van der Waals surface area contributed by atoms with Crippen molar-refractivity contribution in [2.75, 3.05) is 0 Å². The third-order valence-corrected chi connectivity index (χ3v) is 3.92. The van der Waals surface area contributed by atoms with Gasteiger partial charge in [0, 0.05) is 6.04 Å². The molecule has 3 unspecified atom stereocenters. The maximum absolute atomic E-state index is 13.4. The smallest absolute Gasteiger partial charge is 0.241 e. The first kappa shape index (κ1) is 14.9. The average Bonchev–Trinajstić information content (AvgIpc) is 2.78. The van der Waals surface area contributed by atoms with Crippen molar-refractivity contribution in [3.8, 4) is 0 Å². The van der Waals surface area contributed by atoms with Crippen molar-refractivity contribution in [2.24, 2.45) is 0 Å². The molecule has 1 aliphatic rings. The van der Waals surface area contributed by atoms with Crippen LogP contribution in [0.2, 0.25) is 0 Å². The van der Waals surface area contributed by atoms with Crippen LogP contribution >= 0.6 is 0 Å². The molecule has 0 radical (unpaired) electrons. The second kappa shape index (κ2) is 5.87. The number of amides is 1. The minimum atomic E-state index is -0.888. The second-order valence-electron chi connectivity index (χ2n) is 5.21. The van der Waals surface area contributed by atoms with Gasteiger partial charge in [-0.3, -0.25) is 10.1 Å². The Morgan fingerprint density at radius 1 is 1.30 bits per heavy atom. The van der Waals surface area contributed by atoms with Crippen molar-refractivity contribution in [1.29, 1.82) is 0 Å². The minimum Gasteiger partial charge on any atom is -0.319 e. The summed E-state index contributed by atoms with van der Waals surface area (Å²) < 4.78 is 26.5.